The molecule has 14 nitrogen and oxygen atoms in total. The topological polar surface area (TPSA) is 107 Å². The molecular weight excluding hydrogens is 1370 g/mol. The molecule has 2 unspecified atom stereocenters. The maximum atomic E-state index is 5.65. The van der Waals surface area contributed by atoms with Crippen molar-refractivity contribution < 1.29 is 0 Å². The van der Waals surface area contributed by atoms with Crippen LogP contribution in [-0.2, 0) is 12.8 Å². The molecule has 112 heavy (non-hydrogen) atoms. The van der Waals surface area contributed by atoms with Crippen LogP contribution < -0.4 is 10.6 Å². The number of aromatic amines is 2. The molecule has 7 heterocycles. The maximum absolute atomic E-state index is 5.65. The lowest BCUT2D eigenvalue weighted by atomic mass is 9.98. The van der Waals surface area contributed by atoms with E-state index in [9.17, 15) is 0 Å². The predicted octanol–water partition coefficient (Wildman–Crippen LogP) is 21.7. The third-order valence-corrected chi connectivity index (χ3v) is 26.6. The van der Waals surface area contributed by atoms with E-state index in [-0.39, 0.29) is 0 Å². The van der Waals surface area contributed by atoms with Crippen LogP contribution in [0.4, 0.5) is 0 Å². The van der Waals surface area contributed by atoms with Crippen LogP contribution in [0.15, 0.2) is 24.3 Å². The van der Waals surface area contributed by atoms with Gasteiger partial charge in [0, 0.05) is 34.2 Å². The zero-order valence-electron chi connectivity index (χ0n) is 75.8. The molecule has 3 aromatic rings. The zero-order valence-corrected chi connectivity index (χ0v) is 75.8. The molecule has 4 aliphatic heterocycles. The molecule has 4 N–H and O–H groups in total. The molecule has 3 aromatic heterocycles. The van der Waals surface area contributed by atoms with Crippen LogP contribution >= 0.6 is 0 Å². The minimum Gasteiger partial charge on any atom is -0.355 e. The van der Waals surface area contributed by atoms with Gasteiger partial charge in [0.2, 0.25) is 0 Å². The van der Waals surface area contributed by atoms with Crippen LogP contribution in [0.1, 0.15) is 343 Å². The summed E-state index contributed by atoms with van der Waals surface area (Å²) in [6, 6.07) is 10.8. The molecule has 0 amide bonds. The number of hydrogen-bond donors (Lipinski definition) is 4. The fourth-order valence-electron chi connectivity index (χ4n) is 18.9. The molecule has 2 atom stereocenters. The van der Waals surface area contributed by atoms with Crippen molar-refractivity contribution >= 4 is 44.4 Å². The SMILES string of the molecule is CCCCCCCCCCCCCC1CCN(CCCNCCCC2=C(C)c3cc4[nH]c(cc5[nH]c(cc6nc(cc2n3)C(CCCNCCCN2CCCN(C)CCCCN(C)CCCN(C)C(CCCCCCCCCCCCC)CC2)=C6C)c(CC)c5C)c(CC)c4C)CCCN(C)CCCCN(C)CCCN1C. The van der Waals surface area contributed by atoms with Crippen molar-refractivity contribution in [1.29, 1.82) is 0 Å². The van der Waals surface area contributed by atoms with E-state index in [2.05, 4.69) is 182 Å². The molecule has 0 aliphatic carbocycles. The van der Waals surface area contributed by atoms with Gasteiger partial charge in [0.25, 0.3) is 0 Å². The molecule has 0 spiro atoms. The second kappa shape index (κ2) is 56.6. The van der Waals surface area contributed by atoms with Crippen molar-refractivity contribution in [3.8, 4) is 0 Å². The second-order valence-electron chi connectivity index (χ2n) is 36.0. The summed E-state index contributed by atoms with van der Waals surface area (Å²) < 4.78 is 0. The highest BCUT2D eigenvalue weighted by Crippen LogP contribution is 2.39. The first-order valence-electron chi connectivity index (χ1n) is 47.8. The molecule has 2 fully saturated rings. The van der Waals surface area contributed by atoms with Crippen LogP contribution in [0.3, 0.4) is 0 Å². The number of unbranched alkanes of at least 4 members (excludes halogenated alkanes) is 20. The number of aromatic nitrogens is 4. The van der Waals surface area contributed by atoms with Gasteiger partial charge >= 0.3 is 0 Å². The van der Waals surface area contributed by atoms with E-state index >= 15 is 0 Å². The molecule has 0 aromatic carbocycles. The Kier molecular flexibility index (Phi) is 48.2. The lowest BCUT2D eigenvalue weighted by Crippen LogP contribution is -2.38. The number of fused-ring (bicyclic) bond motifs is 8. The Morgan fingerprint density at radius 1 is 0.330 bits per heavy atom. The van der Waals surface area contributed by atoms with E-state index in [0.29, 0.717) is 12.1 Å². The summed E-state index contributed by atoms with van der Waals surface area (Å²) in [5.41, 5.74) is 19.8. The van der Waals surface area contributed by atoms with Crippen LogP contribution in [0.2, 0.25) is 0 Å². The van der Waals surface area contributed by atoms with Crippen molar-refractivity contribution in [2.75, 3.05) is 173 Å². The van der Waals surface area contributed by atoms with E-state index in [1.165, 1.54) is 397 Å². The Bertz CT molecular complexity index is 3230. The van der Waals surface area contributed by atoms with E-state index in [1.54, 1.807) is 0 Å². The highest BCUT2D eigenvalue weighted by Gasteiger charge is 2.25. The number of hydrogen-bond acceptors (Lipinski definition) is 12. The summed E-state index contributed by atoms with van der Waals surface area (Å²) in [6.45, 7) is 41.8. The van der Waals surface area contributed by atoms with Gasteiger partial charge in [-0.1, -0.05) is 169 Å². The van der Waals surface area contributed by atoms with E-state index in [0.717, 1.165) is 93.0 Å². The standard InChI is InChI=1S/C98H176N14/c1-15-19-21-23-25-27-29-31-33-35-37-51-85-55-75-111(73-49-67-107(11)63-41-39-61-105(9)65-47-69-109(85)13)71-45-59-99-57-43-53-89-83(7)92-77-91-81(5)87(17-3)95(101-91)78-93-82(6)88(18-4)96(102-93)79-94-84(8)90(98(104-94)80-97(89)103-92)54-44-58-100-60-46-72-112-74-50-68-108(12)64-42-40-62-106(10)66-48-70-110(14)86(56-76-112)52-38-36-34-32-30-28-26-24-22-20-16-2/h77-80,85-86,99-102H,15-76H2,1-14H3. The molecule has 4 aliphatic rings. The average molecular weight is 1550 g/mol. The number of nitrogens with one attached hydrogen (secondary N) is 4. The molecule has 0 radical (unpaired) electrons. The number of H-pyrrole nitrogens is 2. The van der Waals surface area contributed by atoms with E-state index in [4.69, 9.17) is 9.97 Å². The Hall–Kier alpha value is -3.80. The molecule has 8 bridgehead atoms. The molecular formula is C98H176N14. The van der Waals surface area contributed by atoms with Crippen molar-refractivity contribution in [2.24, 2.45) is 0 Å². The molecule has 2 saturated heterocycles. The van der Waals surface area contributed by atoms with Crippen LogP contribution in [0.25, 0.3) is 44.4 Å². The summed E-state index contributed by atoms with van der Waals surface area (Å²) in [7, 11) is 14.3. The summed E-state index contributed by atoms with van der Waals surface area (Å²) in [5.74, 6) is 0. The minimum atomic E-state index is 0.661. The van der Waals surface area contributed by atoms with Gasteiger partial charge in [-0.2, -0.15) is 0 Å². The van der Waals surface area contributed by atoms with Gasteiger partial charge in [-0.05, 0) is 398 Å². The fourth-order valence-corrected chi connectivity index (χ4v) is 18.9. The van der Waals surface area contributed by atoms with Gasteiger partial charge in [-0.3, -0.25) is 0 Å². The van der Waals surface area contributed by atoms with Crippen LogP contribution in [0.5, 0.6) is 0 Å². The molecule has 7 rings (SSSR count). The number of nitrogens with zero attached hydrogens (tertiary/aromatic N) is 10. The van der Waals surface area contributed by atoms with Crippen LogP contribution in [-0.4, -0.2) is 244 Å². The van der Waals surface area contributed by atoms with Gasteiger partial charge in [-0.25, -0.2) is 9.97 Å². The third kappa shape index (κ3) is 35.4. The highest BCUT2D eigenvalue weighted by atomic mass is 15.2. The first-order chi connectivity index (χ1) is 54.6. The van der Waals surface area contributed by atoms with Crippen molar-refractivity contribution in [3.05, 3.63) is 69.3 Å². The summed E-state index contributed by atoms with van der Waals surface area (Å²) in [6.07, 6.45) is 54.9. The normalized spacial score (nSPS) is 19.4. The maximum Gasteiger partial charge on any atom is 0.0694 e. The molecule has 638 valence electrons. The van der Waals surface area contributed by atoms with Gasteiger partial charge in [0.05, 0.1) is 22.8 Å². The number of allylic oxidation sites excluding steroid dienone is 4. The lowest BCUT2D eigenvalue weighted by molar-refractivity contribution is 0.170. The number of rotatable bonds is 42. The third-order valence-electron chi connectivity index (χ3n) is 26.6. The molecule has 0 saturated carbocycles. The average Bonchev–Trinajstić information content (AvgIpc) is 1.62. The van der Waals surface area contributed by atoms with Crippen molar-refractivity contribution in [1.82, 2.24) is 69.8 Å². The van der Waals surface area contributed by atoms with Gasteiger partial charge in [0.15, 0.2) is 0 Å². The fraction of sp³-hybridized carbons (Fsp3) is 0.796. The zero-order chi connectivity index (χ0) is 79.9. The Labute approximate surface area is 689 Å². The quantitative estimate of drug-likeness (QED) is 0.0406. The smallest absolute Gasteiger partial charge is 0.0694 e. The predicted molar refractivity (Wildman–Crippen MR) is 492 cm³/mol. The summed E-state index contributed by atoms with van der Waals surface area (Å²) in [5, 5.41) is 7.97. The lowest BCUT2D eigenvalue weighted by Gasteiger charge is -2.32. The number of aryl methyl sites for hydroxylation is 4. The van der Waals surface area contributed by atoms with Gasteiger partial charge in [-0.15, -0.1) is 0 Å². The first kappa shape index (κ1) is 95.3. The van der Waals surface area contributed by atoms with Crippen molar-refractivity contribution in [2.45, 2.75) is 337 Å². The van der Waals surface area contributed by atoms with Crippen molar-refractivity contribution in [3.63, 3.8) is 0 Å². The largest absolute Gasteiger partial charge is 0.355 e. The van der Waals surface area contributed by atoms with Gasteiger partial charge < -0.3 is 59.8 Å². The van der Waals surface area contributed by atoms with E-state index < -0.39 is 0 Å². The van der Waals surface area contributed by atoms with Gasteiger partial charge in [0.1, 0.15) is 0 Å². The summed E-state index contributed by atoms with van der Waals surface area (Å²) >= 11 is 0. The Morgan fingerprint density at radius 3 is 1.03 bits per heavy atom. The first-order valence-corrected chi connectivity index (χ1v) is 47.8. The van der Waals surface area contributed by atoms with Crippen LogP contribution in [0, 0.1) is 13.8 Å². The monoisotopic (exact) mass is 1550 g/mol. The second-order valence-corrected chi connectivity index (χ2v) is 36.0. The highest BCUT2D eigenvalue weighted by molar-refractivity contribution is 5.95. The van der Waals surface area contributed by atoms with E-state index in [1.807, 2.05) is 0 Å². The molecule has 14 heteroatoms. The Balaban J connectivity index is 1.01. The minimum absolute atomic E-state index is 0.661. The summed E-state index contributed by atoms with van der Waals surface area (Å²) in [4.78, 5) is 40.8. The Morgan fingerprint density at radius 2 is 0.652 bits per heavy atom.